The fourth-order valence-corrected chi connectivity index (χ4v) is 4.07. The Labute approximate surface area is 202 Å². The van der Waals surface area contributed by atoms with E-state index in [4.69, 9.17) is 9.40 Å². The predicted octanol–water partition coefficient (Wildman–Crippen LogP) is 5.25. The first-order chi connectivity index (χ1) is 17.0. The van der Waals surface area contributed by atoms with E-state index in [1.165, 1.54) is 6.26 Å². The summed E-state index contributed by atoms with van der Waals surface area (Å²) in [6, 6.07) is 25.6. The second kappa shape index (κ2) is 9.30. The number of furan rings is 1. The smallest absolute Gasteiger partial charge is 0.291 e. The third kappa shape index (κ3) is 4.44. The van der Waals surface area contributed by atoms with Crippen LogP contribution in [-0.4, -0.2) is 21.4 Å². The summed E-state index contributed by atoms with van der Waals surface area (Å²) in [6.07, 6.45) is 1.44. The topological polar surface area (TPSA) is 89.2 Å². The lowest BCUT2D eigenvalue weighted by Gasteiger charge is -2.20. The number of rotatable bonds is 6. The molecule has 2 amide bonds. The maximum absolute atomic E-state index is 13.4. The largest absolute Gasteiger partial charge is 0.459 e. The van der Waals surface area contributed by atoms with Gasteiger partial charge in [0.05, 0.1) is 17.3 Å². The summed E-state index contributed by atoms with van der Waals surface area (Å²) in [4.78, 5) is 30.7. The molecule has 0 aliphatic carbocycles. The molecule has 5 aromatic rings. The molecule has 0 aliphatic heterocycles. The number of anilines is 1. The Morgan fingerprint density at radius 3 is 2.43 bits per heavy atom. The number of fused-ring (bicyclic) bond motifs is 1. The van der Waals surface area contributed by atoms with Crippen LogP contribution in [0, 0.1) is 6.92 Å². The lowest BCUT2D eigenvalue weighted by molar-refractivity contribution is 0.0939. The van der Waals surface area contributed by atoms with Crippen LogP contribution >= 0.6 is 0 Å². The summed E-state index contributed by atoms with van der Waals surface area (Å²) in [6.45, 7) is 1.87. The molecule has 0 bridgehead atoms. The van der Waals surface area contributed by atoms with Crippen LogP contribution in [0.3, 0.4) is 0 Å². The van der Waals surface area contributed by atoms with E-state index in [9.17, 15) is 9.59 Å². The quantitative estimate of drug-likeness (QED) is 0.359. The van der Waals surface area contributed by atoms with Gasteiger partial charge in [-0.2, -0.15) is 0 Å². The molecule has 0 fully saturated rings. The van der Waals surface area contributed by atoms with Crippen molar-refractivity contribution >= 4 is 28.5 Å². The van der Waals surface area contributed by atoms with Gasteiger partial charge in [-0.15, -0.1) is 0 Å². The number of nitrogens with one attached hydrogen (secondary N) is 2. The van der Waals surface area contributed by atoms with E-state index < -0.39 is 6.04 Å². The highest BCUT2D eigenvalue weighted by Crippen LogP contribution is 2.26. The van der Waals surface area contributed by atoms with Crippen molar-refractivity contribution in [1.29, 1.82) is 0 Å². The lowest BCUT2D eigenvalue weighted by atomic mass is 10.0. The third-order valence-electron chi connectivity index (χ3n) is 5.98. The molecule has 2 heterocycles. The van der Waals surface area contributed by atoms with Crippen molar-refractivity contribution in [3.05, 3.63) is 119 Å². The zero-order valence-corrected chi connectivity index (χ0v) is 19.4. The van der Waals surface area contributed by atoms with Crippen molar-refractivity contribution in [2.24, 2.45) is 7.05 Å². The Kier molecular flexibility index (Phi) is 5.89. The molecule has 7 nitrogen and oxygen atoms in total. The summed E-state index contributed by atoms with van der Waals surface area (Å²) >= 11 is 0. The third-order valence-corrected chi connectivity index (χ3v) is 5.98. The highest BCUT2D eigenvalue weighted by molar-refractivity contribution is 6.04. The molecule has 35 heavy (non-hydrogen) atoms. The molecule has 174 valence electrons. The Hall–Kier alpha value is -4.65. The van der Waals surface area contributed by atoms with E-state index in [1.54, 1.807) is 30.3 Å². The minimum atomic E-state index is -0.469. The number of para-hydroxylation sites is 2. The van der Waals surface area contributed by atoms with Crippen LogP contribution in [0.25, 0.3) is 11.0 Å². The van der Waals surface area contributed by atoms with Crippen LogP contribution in [0.2, 0.25) is 0 Å². The van der Waals surface area contributed by atoms with Gasteiger partial charge in [-0.05, 0) is 54.4 Å². The van der Waals surface area contributed by atoms with Crippen LogP contribution in [0.1, 0.15) is 43.9 Å². The Morgan fingerprint density at radius 2 is 1.69 bits per heavy atom. The molecule has 1 unspecified atom stereocenters. The summed E-state index contributed by atoms with van der Waals surface area (Å²) in [7, 11) is 1.95. The van der Waals surface area contributed by atoms with Gasteiger partial charge in [0.15, 0.2) is 5.76 Å². The fourth-order valence-electron chi connectivity index (χ4n) is 4.07. The van der Waals surface area contributed by atoms with Crippen molar-refractivity contribution in [3.8, 4) is 0 Å². The Morgan fingerprint density at radius 1 is 0.914 bits per heavy atom. The first-order valence-corrected chi connectivity index (χ1v) is 11.2. The number of nitrogens with zero attached hydrogens (tertiary/aromatic N) is 2. The SMILES string of the molecule is Cc1ccc(C(=O)NC(c2ccccc2)c2nc3ccccc3n2C)cc1NC(=O)c1ccco1. The van der Waals surface area contributed by atoms with Gasteiger partial charge in [-0.3, -0.25) is 9.59 Å². The average molecular weight is 465 g/mol. The molecule has 5 rings (SSSR count). The van der Waals surface area contributed by atoms with Crippen LogP contribution in [0.5, 0.6) is 0 Å². The van der Waals surface area contributed by atoms with E-state index >= 15 is 0 Å². The molecular weight excluding hydrogens is 440 g/mol. The van der Waals surface area contributed by atoms with E-state index in [0.29, 0.717) is 11.3 Å². The second-order valence-electron chi connectivity index (χ2n) is 8.30. The summed E-state index contributed by atoms with van der Waals surface area (Å²) in [5, 5.41) is 5.96. The predicted molar refractivity (Wildman–Crippen MR) is 134 cm³/mol. The highest BCUT2D eigenvalue weighted by atomic mass is 16.3. The number of carbonyl (C=O) groups excluding carboxylic acids is 2. The highest BCUT2D eigenvalue weighted by Gasteiger charge is 2.23. The van der Waals surface area contributed by atoms with E-state index in [1.807, 2.05) is 73.1 Å². The van der Waals surface area contributed by atoms with Gasteiger partial charge in [-0.1, -0.05) is 48.5 Å². The fraction of sp³-hybridized carbons (Fsp3) is 0.107. The molecule has 0 radical (unpaired) electrons. The maximum atomic E-state index is 13.4. The molecular formula is C28H24N4O3. The Balaban J connectivity index is 1.47. The van der Waals surface area contributed by atoms with Gasteiger partial charge in [0.25, 0.3) is 11.8 Å². The normalized spacial score (nSPS) is 11.8. The van der Waals surface area contributed by atoms with Gasteiger partial charge in [0.2, 0.25) is 0 Å². The zero-order valence-electron chi connectivity index (χ0n) is 19.4. The first kappa shape index (κ1) is 22.2. The van der Waals surface area contributed by atoms with E-state index in [0.717, 1.165) is 28.0 Å². The van der Waals surface area contributed by atoms with Crippen LogP contribution in [-0.2, 0) is 7.05 Å². The van der Waals surface area contributed by atoms with Crippen molar-refractivity contribution in [1.82, 2.24) is 14.9 Å². The van der Waals surface area contributed by atoms with Crippen LogP contribution < -0.4 is 10.6 Å². The molecule has 2 N–H and O–H groups in total. The Bertz CT molecular complexity index is 1500. The molecule has 0 saturated carbocycles. The second-order valence-corrected chi connectivity index (χ2v) is 8.30. The molecule has 2 aromatic heterocycles. The van der Waals surface area contributed by atoms with Crippen LogP contribution in [0.15, 0.2) is 95.6 Å². The molecule has 0 aliphatic rings. The molecule has 3 aromatic carbocycles. The number of imidazole rings is 1. The van der Waals surface area contributed by atoms with Crippen molar-refractivity contribution in [3.63, 3.8) is 0 Å². The zero-order chi connectivity index (χ0) is 24.4. The summed E-state index contributed by atoms with van der Waals surface area (Å²) in [5.74, 6) is 0.270. The van der Waals surface area contributed by atoms with Crippen molar-refractivity contribution < 1.29 is 14.0 Å². The molecule has 0 spiro atoms. The first-order valence-electron chi connectivity index (χ1n) is 11.2. The lowest BCUT2D eigenvalue weighted by Crippen LogP contribution is -2.31. The number of hydrogen-bond donors (Lipinski definition) is 2. The van der Waals surface area contributed by atoms with Crippen molar-refractivity contribution in [2.75, 3.05) is 5.32 Å². The monoisotopic (exact) mass is 464 g/mol. The van der Waals surface area contributed by atoms with Gasteiger partial charge in [0, 0.05) is 18.3 Å². The molecule has 1 atom stereocenters. The minimum absolute atomic E-state index is 0.199. The summed E-state index contributed by atoms with van der Waals surface area (Å²) in [5.41, 5.74) is 4.55. The standard InChI is InChI=1S/C28H24N4O3/c1-18-14-15-20(17-22(18)30-28(34)24-13-8-16-35-24)27(33)31-25(19-9-4-3-5-10-19)26-29-21-11-6-7-12-23(21)32(26)2/h3-17,25H,1-2H3,(H,30,34)(H,31,33). The number of aryl methyl sites for hydroxylation is 2. The van der Waals surface area contributed by atoms with Gasteiger partial charge in [-0.25, -0.2) is 4.98 Å². The van der Waals surface area contributed by atoms with Gasteiger partial charge < -0.3 is 19.6 Å². The number of aromatic nitrogens is 2. The van der Waals surface area contributed by atoms with E-state index in [2.05, 4.69) is 10.6 Å². The molecule has 0 saturated heterocycles. The van der Waals surface area contributed by atoms with Gasteiger partial charge in [0.1, 0.15) is 11.9 Å². The minimum Gasteiger partial charge on any atom is -0.459 e. The van der Waals surface area contributed by atoms with E-state index in [-0.39, 0.29) is 17.6 Å². The molecule has 7 heteroatoms. The van der Waals surface area contributed by atoms with Crippen LogP contribution in [0.4, 0.5) is 5.69 Å². The maximum Gasteiger partial charge on any atom is 0.291 e. The average Bonchev–Trinajstić information content (AvgIpc) is 3.53. The number of hydrogen-bond acceptors (Lipinski definition) is 4. The number of benzene rings is 3. The van der Waals surface area contributed by atoms with Crippen molar-refractivity contribution in [2.45, 2.75) is 13.0 Å². The summed E-state index contributed by atoms with van der Waals surface area (Å²) < 4.78 is 7.17. The number of amides is 2. The number of carbonyl (C=O) groups is 2. The van der Waals surface area contributed by atoms with Gasteiger partial charge >= 0.3 is 0 Å².